The molecular weight excluding hydrogens is 194 g/mol. The van der Waals surface area contributed by atoms with Gasteiger partial charge in [0, 0.05) is 16.6 Å². The van der Waals surface area contributed by atoms with Gasteiger partial charge < -0.3 is 5.73 Å². The summed E-state index contributed by atoms with van der Waals surface area (Å²) >= 11 is 1.34. The minimum Gasteiger partial charge on any atom is -0.368 e. The lowest BCUT2D eigenvalue weighted by atomic mass is 10.4. The summed E-state index contributed by atoms with van der Waals surface area (Å²) in [5.41, 5.74) is 5.18. The molecular formula is C7H15NO2S2. The third-order valence-electron chi connectivity index (χ3n) is 1.56. The molecule has 2 atom stereocenters. The van der Waals surface area contributed by atoms with Crippen LogP contribution in [0.3, 0.4) is 0 Å². The largest absolute Gasteiger partial charge is 0.368 e. The van der Waals surface area contributed by atoms with Crippen LogP contribution in [0.4, 0.5) is 0 Å². The molecule has 1 amide bonds. The van der Waals surface area contributed by atoms with Gasteiger partial charge in [0.25, 0.3) is 0 Å². The zero-order chi connectivity index (χ0) is 9.78. The SMILES string of the molecule is CCSC(C)(C(N)=O)S(=O)CC. The maximum Gasteiger partial charge on any atom is 0.246 e. The quantitative estimate of drug-likeness (QED) is 0.725. The number of carbonyl (C=O) groups is 1. The van der Waals surface area contributed by atoms with E-state index in [9.17, 15) is 9.00 Å². The summed E-state index contributed by atoms with van der Waals surface area (Å²) in [6.45, 7) is 5.34. The second-order valence-electron chi connectivity index (χ2n) is 2.38. The van der Waals surface area contributed by atoms with Gasteiger partial charge in [0.05, 0.1) is 0 Å². The number of amides is 1. The third kappa shape index (κ3) is 2.48. The predicted molar refractivity (Wildman–Crippen MR) is 54.4 cm³/mol. The molecule has 0 aromatic heterocycles. The van der Waals surface area contributed by atoms with Crippen molar-refractivity contribution in [2.24, 2.45) is 5.73 Å². The van der Waals surface area contributed by atoms with Crippen molar-refractivity contribution in [1.29, 1.82) is 0 Å². The first-order valence-electron chi connectivity index (χ1n) is 3.81. The number of nitrogens with two attached hydrogens (primary N) is 1. The normalized spacial score (nSPS) is 18.2. The second kappa shape index (κ2) is 4.87. The van der Waals surface area contributed by atoms with Crippen LogP contribution < -0.4 is 5.73 Å². The van der Waals surface area contributed by atoms with Gasteiger partial charge in [-0.25, -0.2) is 0 Å². The van der Waals surface area contributed by atoms with E-state index in [0.717, 1.165) is 5.75 Å². The van der Waals surface area contributed by atoms with E-state index in [0.29, 0.717) is 5.75 Å². The van der Waals surface area contributed by atoms with Crippen LogP contribution in [0.25, 0.3) is 0 Å². The van der Waals surface area contributed by atoms with Gasteiger partial charge in [0.15, 0.2) is 4.08 Å². The lowest BCUT2D eigenvalue weighted by Crippen LogP contribution is -2.42. The summed E-state index contributed by atoms with van der Waals surface area (Å²) < 4.78 is 10.5. The van der Waals surface area contributed by atoms with E-state index in [1.54, 1.807) is 13.8 Å². The Morgan fingerprint density at radius 2 is 2.08 bits per heavy atom. The van der Waals surface area contributed by atoms with Crippen molar-refractivity contribution < 1.29 is 9.00 Å². The van der Waals surface area contributed by atoms with Crippen LogP contribution in [0.5, 0.6) is 0 Å². The van der Waals surface area contributed by atoms with Crippen LogP contribution in [-0.4, -0.2) is 25.7 Å². The molecule has 72 valence electrons. The van der Waals surface area contributed by atoms with E-state index >= 15 is 0 Å². The van der Waals surface area contributed by atoms with E-state index in [2.05, 4.69) is 0 Å². The molecule has 0 rings (SSSR count). The fourth-order valence-electron chi connectivity index (χ4n) is 0.800. The Morgan fingerprint density at radius 1 is 1.58 bits per heavy atom. The molecule has 0 bridgehead atoms. The lowest BCUT2D eigenvalue weighted by Gasteiger charge is -2.22. The highest BCUT2D eigenvalue weighted by Crippen LogP contribution is 2.28. The Labute approximate surface area is 79.9 Å². The van der Waals surface area contributed by atoms with E-state index in [1.807, 2.05) is 6.92 Å². The summed E-state index contributed by atoms with van der Waals surface area (Å²) in [7, 11) is -1.17. The van der Waals surface area contributed by atoms with Gasteiger partial charge in [-0.15, -0.1) is 11.8 Å². The molecule has 0 spiro atoms. The summed E-state index contributed by atoms with van der Waals surface area (Å²) in [4.78, 5) is 11.0. The molecule has 0 saturated heterocycles. The molecule has 0 fully saturated rings. The lowest BCUT2D eigenvalue weighted by molar-refractivity contribution is -0.118. The van der Waals surface area contributed by atoms with Crippen molar-refractivity contribution in [2.45, 2.75) is 24.9 Å². The average Bonchev–Trinajstić information content (AvgIpc) is 2.03. The molecule has 2 N–H and O–H groups in total. The Morgan fingerprint density at radius 3 is 2.33 bits per heavy atom. The highest BCUT2D eigenvalue weighted by molar-refractivity contribution is 8.13. The van der Waals surface area contributed by atoms with E-state index in [4.69, 9.17) is 5.73 Å². The van der Waals surface area contributed by atoms with Gasteiger partial charge in [0.1, 0.15) is 0 Å². The van der Waals surface area contributed by atoms with Crippen molar-refractivity contribution in [3.05, 3.63) is 0 Å². The van der Waals surface area contributed by atoms with Gasteiger partial charge >= 0.3 is 0 Å². The zero-order valence-corrected chi connectivity index (χ0v) is 9.26. The van der Waals surface area contributed by atoms with Crippen LogP contribution in [0.15, 0.2) is 0 Å². The number of primary amides is 1. The van der Waals surface area contributed by atoms with Crippen molar-refractivity contribution >= 4 is 28.5 Å². The minimum absolute atomic E-state index is 0.465. The topological polar surface area (TPSA) is 60.2 Å². The molecule has 5 heteroatoms. The van der Waals surface area contributed by atoms with Crippen molar-refractivity contribution in [1.82, 2.24) is 0 Å². The molecule has 0 aromatic carbocycles. The molecule has 0 aliphatic rings. The van der Waals surface area contributed by atoms with Crippen molar-refractivity contribution in [3.8, 4) is 0 Å². The first-order chi connectivity index (χ1) is 5.49. The molecule has 0 radical (unpaired) electrons. The Hall–Kier alpha value is -0.0300. The van der Waals surface area contributed by atoms with Crippen LogP contribution in [0, 0.1) is 0 Å². The summed E-state index contributed by atoms with van der Waals surface area (Å²) in [6, 6.07) is 0. The minimum atomic E-state index is -1.17. The Balaban J connectivity index is 4.61. The highest BCUT2D eigenvalue weighted by atomic mass is 32.2. The maximum atomic E-state index is 11.5. The fraction of sp³-hybridized carbons (Fsp3) is 0.857. The summed E-state index contributed by atoms with van der Waals surface area (Å²) in [5.74, 6) is 0.715. The predicted octanol–water partition coefficient (Wildman–Crippen LogP) is 0.710. The number of thioether (sulfide) groups is 1. The van der Waals surface area contributed by atoms with Gasteiger partial charge in [0.2, 0.25) is 5.91 Å². The van der Waals surface area contributed by atoms with Crippen molar-refractivity contribution in [2.75, 3.05) is 11.5 Å². The molecule has 0 aliphatic carbocycles. The Bertz CT molecular complexity index is 196. The maximum absolute atomic E-state index is 11.5. The number of hydrogen-bond donors (Lipinski definition) is 1. The zero-order valence-electron chi connectivity index (χ0n) is 7.62. The van der Waals surface area contributed by atoms with E-state index < -0.39 is 20.8 Å². The second-order valence-corrected chi connectivity index (χ2v) is 6.40. The Kier molecular flexibility index (Phi) is 4.85. The molecule has 2 unspecified atom stereocenters. The van der Waals surface area contributed by atoms with Gasteiger partial charge in [-0.05, 0) is 12.7 Å². The summed E-state index contributed by atoms with van der Waals surface area (Å²) in [6.07, 6.45) is 0. The first-order valence-corrected chi connectivity index (χ1v) is 6.11. The van der Waals surface area contributed by atoms with Crippen LogP contribution in [-0.2, 0) is 15.6 Å². The number of hydrogen-bond acceptors (Lipinski definition) is 3. The number of rotatable bonds is 5. The van der Waals surface area contributed by atoms with Crippen LogP contribution in [0.1, 0.15) is 20.8 Å². The standard InChI is InChI=1S/C7H15NO2S2/c1-4-11-7(3,6(8)9)12(10)5-2/h4-5H2,1-3H3,(H2,8,9). The van der Waals surface area contributed by atoms with Gasteiger partial charge in [-0.2, -0.15) is 0 Å². The highest BCUT2D eigenvalue weighted by Gasteiger charge is 2.36. The first kappa shape index (κ1) is 12.0. The number of carbonyl (C=O) groups excluding carboxylic acids is 1. The van der Waals surface area contributed by atoms with Crippen LogP contribution >= 0.6 is 11.8 Å². The van der Waals surface area contributed by atoms with E-state index in [-0.39, 0.29) is 0 Å². The molecule has 12 heavy (non-hydrogen) atoms. The molecule has 0 heterocycles. The van der Waals surface area contributed by atoms with Crippen molar-refractivity contribution in [3.63, 3.8) is 0 Å². The molecule has 0 aromatic rings. The third-order valence-corrected chi connectivity index (χ3v) is 5.11. The summed E-state index contributed by atoms with van der Waals surface area (Å²) in [5, 5.41) is 0. The van der Waals surface area contributed by atoms with E-state index in [1.165, 1.54) is 11.8 Å². The monoisotopic (exact) mass is 209 g/mol. The fourth-order valence-corrected chi connectivity index (χ4v) is 3.50. The molecule has 0 aliphatic heterocycles. The van der Waals surface area contributed by atoms with Gasteiger partial charge in [-0.3, -0.25) is 9.00 Å². The molecule has 0 saturated carbocycles. The smallest absolute Gasteiger partial charge is 0.246 e. The molecule has 3 nitrogen and oxygen atoms in total. The van der Waals surface area contributed by atoms with Gasteiger partial charge in [-0.1, -0.05) is 13.8 Å². The van der Waals surface area contributed by atoms with Crippen LogP contribution in [0.2, 0.25) is 0 Å². The average molecular weight is 209 g/mol.